The molecule has 0 aliphatic heterocycles. The molecule has 42 heavy (non-hydrogen) atoms. The van der Waals surface area contributed by atoms with Crippen LogP contribution in [0.3, 0.4) is 0 Å². The van der Waals surface area contributed by atoms with Gasteiger partial charge >= 0.3 is 0 Å². The van der Waals surface area contributed by atoms with Gasteiger partial charge in [-0.25, -0.2) is 0 Å². The molecular weight excluding hydrogens is 533 g/mol. The van der Waals surface area contributed by atoms with Crippen LogP contribution in [0.25, 0.3) is 32.7 Å². The summed E-state index contributed by atoms with van der Waals surface area (Å²) >= 11 is 1.67. The Morgan fingerprint density at radius 3 is 1.45 bits per heavy atom. The fourth-order valence-electron chi connectivity index (χ4n) is 5.62. The Labute approximate surface area is 255 Å². The molecule has 4 nitrogen and oxygen atoms in total. The van der Waals surface area contributed by atoms with Crippen LogP contribution in [0.5, 0.6) is 0 Å². The summed E-state index contributed by atoms with van der Waals surface area (Å²) in [4.78, 5) is 6.76. The molecule has 1 heterocycles. The molecule has 0 saturated carbocycles. The highest BCUT2D eigenvalue weighted by Gasteiger charge is 2.18. The van der Waals surface area contributed by atoms with Gasteiger partial charge in [-0.1, -0.05) is 72.8 Å². The van der Waals surface area contributed by atoms with Crippen LogP contribution in [0.2, 0.25) is 0 Å². The summed E-state index contributed by atoms with van der Waals surface area (Å²) in [6.07, 6.45) is 9.72. The predicted molar refractivity (Wildman–Crippen MR) is 187 cm³/mol. The van der Waals surface area contributed by atoms with Crippen molar-refractivity contribution in [2.24, 2.45) is 0 Å². The van der Waals surface area contributed by atoms with E-state index in [9.17, 15) is 0 Å². The first-order chi connectivity index (χ1) is 20.5. The monoisotopic (exact) mass is 574 g/mol. The van der Waals surface area contributed by atoms with E-state index in [0.29, 0.717) is 11.4 Å². The van der Waals surface area contributed by atoms with Crippen LogP contribution in [-0.2, 0) is 0 Å². The van der Waals surface area contributed by atoms with Gasteiger partial charge in [-0.2, -0.15) is 0 Å². The van der Waals surface area contributed by atoms with Crippen LogP contribution in [-0.4, -0.2) is 26.2 Å². The zero-order chi connectivity index (χ0) is 29.6. The molecule has 0 radical (unpaired) electrons. The van der Waals surface area contributed by atoms with Gasteiger partial charge < -0.3 is 21.3 Å². The Kier molecular flexibility index (Phi) is 9.19. The first kappa shape index (κ1) is 29.3. The van der Waals surface area contributed by atoms with E-state index in [1.54, 1.807) is 11.3 Å². The first-order valence-corrected chi connectivity index (χ1v) is 15.9. The van der Waals surface area contributed by atoms with Crippen molar-refractivity contribution in [2.45, 2.75) is 34.1 Å². The van der Waals surface area contributed by atoms with Crippen molar-refractivity contribution in [2.75, 3.05) is 47.4 Å². The van der Waals surface area contributed by atoms with E-state index in [-0.39, 0.29) is 0 Å². The van der Waals surface area contributed by atoms with Crippen molar-refractivity contribution in [1.82, 2.24) is 0 Å². The zero-order valence-corrected chi connectivity index (χ0v) is 26.0. The van der Waals surface area contributed by atoms with E-state index in [2.05, 4.69) is 135 Å². The molecule has 1 aliphatic carbocycles. The van der Waals surface area contributed by atoms with Crippen molar-refractivity contribution in [1.29, 1.82) is 0 Å². The summed E-state index contributed by atoms with van der Waals surface area (Å²) in [5, 5.41) is 0. The van der Waals surface area contributed by atoms with Gasteiger partial charge in [0, 0.05) is 37.6 Å². The summed E-state index contributed by atoms with van der Waals surface area (Å²) in [6, 6.07) is 26.3. The second-order valence-corrected chi connectivity index (χ2v) is 11.5. The molecule has 5 rings (SSSR count). The van der Waals surface area contributed by atoms with Gasteiger partial charge in [0.05, 0.1) is 21.1 Å². The van der Waals surface area contributed by atoms with E-state index in [4.69, 9.17) is 11.5 Å². The maximum absolute atomic E-state index is 6.61. The van der Waals surface area contributed by atoms with Crippen LogP contribution in [0, 0.1) is 0 Å². The van der Waals surface area contributed by atoms with Crippen molar-refractivity contribution in [3.8, 4) is 21.6 Å². The van der Waals surface area contributed by atoms with Gasteiger partial charge in [0.1, 0.15) is 0 Å². The van der Waals surface area contributed by atoms with Crippen LogP contribution < -0.4 is 21.3 Å². The topological polar surface area (TPSA) is 58.5 Å². The molecule has 0 fully saturated rings. The number of allylic oxidation sites excluding steroid dienone is 6. The standard InChI is InChI=1S/C37H42N4S/c1-5-40(6-2)32-22-18-28(19-23-32)26-10-9-11-30(15-12-26)36-34(38)35(39)37(42-36)31-16-13-27(14-17-31)29-20-24-33(25-21-29)41(7-3)8-4/h10-25H,5-9,38-39H2,1-4H3. The third-order valence-electron chi connectivity index (χ3n) is 8.17. The van der Waals surface area contributed by atoms with Gasteiger partial charge in [0.2, 0.25) is 0 Å². The van der Waals surface area contributed by atoms with Gasteiger partial charge in [0.15, 0.2) is 0 Å². The van der Waals surface area contributed by atoms with Gasteiger partial charge in [0.25, 0.3) is 0 Å². The normalized spacial score (nSPS) is 13.0. The average Bonchev–Trinajstić information content (AvgIpc) is 3.18. The average molecular weight is 575 g/mol. The van der Waals surface area contributed by atoms with Crippen molar-refractivity contribution in [3.63, 3.8) is 0 Å². The van der Waals surface area contributed by atoms with E-state index in [1.165, 1.54) is 33.6 Å². The second kappa shape index (κ2) is 13.2. The number of nitrogen functional groups attached to an aromatic ring is 2. The molecule has 0 amide bonds. The molecule has 1 aliphatic rings. The Morgan fingerprint density at radius 1 is 0.524 bits per heavy atom. The smallest absolute Gasteiger partial charge is 0.0744 e. The first-order valence-electron chi connectivity index (χ1n) is 15.0. The molecule has 0 saturated heterocycles. The van der Waals surface area contributed by atoms with E-state index in [0.717, 1.165) is 53.5 Å². The van der Waals surface area contributed by atoms with Gasteiger partial charge in [-0.15, -0.1) is 11.3 Å². The second-order valence-electron chi connectivity index (χ2n) is 10.5. The highest BCUT2D eigenvalue weighted by molar-refractivity contribution is 7.18. The number of benzene rings is 3. The SMILES string of the molecule is CCN(CC)c1ccc(C2=CCC=C(c3sc(-c4ccc(-c5ccc(N(CC)CC)cc5)cc4)c(N)c3N)C=C2)cc1. The minimum Gasteiger partial charge on any atom is -0.396 e. The van der Waals surface area contributed by atoms with Crippen LogP contribution in [0.1, 0.15) is 44.6 Å². The lowest BCUT2D eigenvalue weighted by Crippen LogP contribution is -2.21. The largest absolute Gasteiger partial charge is 0.396 e. The lowest BCUT2D eigenvalue weighted by molar-refractivity contribution is 0.866. The summed E-state index contributed by atoms with van der Waals surface area (Å²) in [5.41, 5.74) is 24.1. The number of hydrogen-bond acceptors (Lipinski definition) is 5. The van der Waals surface area contributed by atoms with Gasteiger partial charge in [-0.05, 0) is 91.8 Å². The molecule has 0 bridgehead atoms. The number of nitrogens with two attached hydrogens (primary N) is 2. The predicted octanol–water partition coefficient (Wildman–Crippen LogP) is 9.37. The molecule has 0 spiro atoms. The molecule has 0 atom stereocenters. The molecule has 1 aromatic heterocycles. The maximum Gasteiger partial charge on any atom is 0.0744 e. The van der Waals surface area contributed by atoms with Crippen LogP contribution in [0.4, 0.5) is 22.7 Å². The molecule has 4 aromatic rings. The van der Waals surface area contributed by atoms with Crippen molar-refractivity contribution < 1.29 is 0 Å². The Hall–Kier alpha value is -4.22. The van der Waals surface area contributed by atoms with E-state index in [1.807, 2.05) is 0 Å². The quantitative estimate of drug-likeness (QED) is 0.198. The number of nitrogens with zero attached hydrogens (tertiary/aromatic N) is 2. The maximum atomic E-state index is 6.61. The zero-order valence-electron chi connectivity index (χ0n) is 25.2. The number of hydrogen-bond donors (Lipinski definition) is 2. The third kappa shape index (κ3) is 6.02. The number of anilines is 4. The van der Waals surface area contributed by atoms with Crippen LogP contribution in [0.15, 0.2) is 97.1 Å². The molecule has 0 unspecified atom stereocenters. The Morgan fingerprint density at radius 2 is 0.929 bits per heavy atom. The minimum atomic E-state index is 0.657. The lowest BCUT2D eigenvalue weighted by Gasteiger charge is -2.21. The highest BCUT2D eigenvalue weighted by atomic mass is 32.1. The van der Waals surface area contributed by atoms with E-state index < -0.39 is 0 Å². The molecule has 4 N–H and O–H groups in total. The third-order valence-corrected chi connectivity index (χ3v) is 9.49. The fraction of sp³-hybridized carbons (Fsp3) is 0.243. The molecule has 216 valence electrons. The van der Waals surface area contributed by atoms with Gasteiger partial charge in [-0.3, -0.25) is 0 Å². The lowest BCUT2D eigenvalue weighted by atomic mass is 10.0. The number of rotatable bonds is 10. The minimum absolute atomic E-state index is 0.657. The molecule has 5 heteroatoms. The fourth-order valence-corrected chi connectivity index (χ4v) is 6.78. The summed E-state index contributed by atoms with van der Waals surface area (Å²) < 4.78 is 0. The van der Waals surface area contributed by atoms with Crippen molar-refractivity contribution >= 4 is 45.2 Å². The molecular formula is C37H42N4S. The summed E-state index contributed by atoms with van der Waals surface area (Å²) in [7, 11) is 0. The summed E-state index contributed by atoms with van der Waals surface area (Å²) in [6.45, 7) is 12.8. The van der Waals surface area contributed by atoms with Crippen molar-refractivity contribution in [3.05, 3.63) is 108 Å². The number of thiophene rings is 1. The highest BCUT2D eigenvalue weighted by Crippen LogP contribution is 2.45. The van der Waals surface area contributed by atoms with E-state index >= 15 is 0 Å². The Balaban J connectivity index is 1.33. The van der Waals surface area contributed by atoms with Crippen LogP contribution >= 0.6 is 11.3 Å². The Bertz CT molecular complexity index is 1580. The molecule has 3 aromatic carbocycles. The summed E-state index contributed by atoms with van der Waals surface area (Å²) in [5.74, 6) is 0.